The molecular weight excluding hydrogens is 451 g/mol. The lowest BCUT2D eigenvalue weighted by atomic mass is 9.83. The Balaban J connectivity index is 1.78. The van der Waals surface area contributed by atoms with Gasteiger partial charge in [-0.3, -0.25) is 4.79 Å². The fourth-order valence-electron chi connectivity index (χ4n) is 4.26. The molecule has 1 aliphatic rings. The highest BCUT2D eigenvalue weighted by Crippen LogP contribution is 2.36. The van der Waals surface area contributed by atoms with E-state index < -0.39 is 29.1 Å². The van der Waals surface area contributed by atoms with E-state index in [1.165, 1.54) is 17.2 Å². The van der Waals surface area contributed by atoms with Crippen molar-refractivity contribution < 1.29 is 32.6 Å². The Morgan fingerprint density at radius 1 is 1.18 bits per heavy atom. The second-order valence-electron chi connectivity index (χ2n) is 9.04. The van der Waals surface area contributed by atoms with Crippen LogP contribution in [0.15, 0.2) is 48.7 Å². The minimum atomic E-state index is -4.63. The number of benzene rings is 1. The molecule has 0 aliphatic carbocycles. The zero-order chi connectivity index (χ0) is 25.1. The molecule has 3 rings (SSSR count). The SMILES string of the molecule is CN(C(=O)C(C)(C)COc1ncccc1C(F)(F)F)C1CCN(C(=O)O)CC1c1ccccc1. The minimum absolute atomic E-state index is 0.238. The molecular formula is C24H28F3N3O4. The van der Waals surface area contributed by atoms with Gasteiger partial charge in [0.25, 0.3) is 0 Å². The normalized spacial score (nSPS) is 18.9. The van der Waals surface area contributed by atoms with Crippen molar-refractivity contribution in [3.05, 3.63) is 59.8 Å². The van der Waals surface area contributed by atoms with E-state index in [0.29, 0.717) is 6.42 Å². The van der Waals surface area contributed by atoms with Crippen molar-refractivity contribution >= 4 is 12.0 Å². The van der Waals surface area contributed by atoms with Crippen molar-refractivity contribution in [2.24, 2.45) is 5.41 Å². The number of rotatable bonds is 6. The number of nitrogens with zero attached hydrogens (tertiary/aromatic N) is 3. The summed E-state index contributed by atoms with van der Waals surface area (Å²) in [5, 5.41) is 9.47. The number of hydrogen-bond acceptors (Lipinski definition) is 4. The van der Waals surface area contributed by atoms with Crippen LogP contribution in [0.3, 0.4) is 0 Å². The molecule has 2 unspecified atom stereocenters. The second kappa shape index (κ2) is 9.90. The number of amides is 2. The summed E-state index contributed by atoms with van der Waals surface area (Å²) in [6.07, 6.45) is -4.01. The lowest BCUT2D eigenvalue weighted by Crippen LogP contribution is -2.54. The molecule has 0 saturated carbocycles. The second-order valence-corrected chi connectivity index (χ2v) is 9.04. The highest BCUT2D eigenvalue weighted by molar-refractivity contribution is 5.82. The Morgan fingerprint density at radius 3 is 2.47 bits per heavy atom. The fraction of sp³-hybridized carbons (Fsp3) is 0.458. The predicted octanol–water partition coefficient (Wildman–Crippen LogP) is 4.50. The van der Waals surface area contributed by atoms with Crippen LogP contribution in [0.2, 0.25) is 0 Å². The van der Waals surface area contributed by atoms with Gasteiger partial charge in [0, 0.05) is 38.3 Å². The first-order valence-corrected chi connectivity index (χ1v) is 10.9. The van der Waals surface area contributed by atoms with E-state index in [9.17, 15) is 27.9 Å². The summed E-state index contributed by atoms with van der Waals surface area (Å²) < 4.78 is 45.1. The predicted molar refractivity (Wildman–Crippen MR) is 118 cm³/mol. The van der Waals surface area contributed by atoms with Gasteiger partial charge in [0.05, 0.1) is 5.41 Å². The molecule has 2 aromatic rings. The summed E-state index contributed by atoms with van der Waals surface area (Å²) in [6, 6.07) is 11.1. The molecule has 2 atom stereocenters. The van der Waals surface area contributed by atoms with Crippen LogP contribution in [-0.2, 0) is 11.0 Å². The molecule has 1 fully saturated rings. The monoisotopic (exact) mass is 479 g/mol. The lowest BCUT2D eigenvalue weighted by Gasteiger charge is -2.44. The summed E-state index contributed by atoms with van der Waals surface area (Å²) in [5.41, 5.74) is -1.24. The van der Waals surface area contributed by atoms with Gasteiger partial charge in [0.15, 0.2) is 0 Å². The number of hydrogen-bond donors (Lipinski definition) is 1. The summed E-state index contributed by atoms with van der Waals surface area (Å²) in [4.78, 5) is 31.6. The average molecular weight is 479 g/mol. The summed E-state index contributed by atoms with van der Waals surface area (Å²) in [5.74, 6) is -1.13. The Hall–Kier alpha value is -3.30. The van der Waals surface area contributed by atoms with E-state index in [-0.39, 0.29) is 37.6 Å². The van der Waals surface area contributed by atoms with Crippen molar-refractivity contribution in [2.75, 3.05) is 26.7 Å². The van der Waals surface area contributed by atoms with E-state index >= 15 is 0 Å². The quantitative estimate of drug-likeness (QED) is 0.660. The molecule has 2 amide bonds. The van der Waals surface area contributed by atoms with Crippen LogP contribution in [0, 0.1) is 5.41 Å². The van der Waals surface area contributed by atoms with Gasteiger partial charge < -0.3 is 19.6 Å². The maximum absolute atomic E-state index is 13.4. The topological polar surface area (TPSA) is 83.0 Å². The molecule has 34 heavy (non-hydrogen) atoms. The molecule has 1 aromatic carbocycles. The third-order valence-electron chi connectivity index (χ3n) is 6.12. The Labute approximate surface area is 196 Å². The van der Waals surface area contributed by atoms with Gasteiger partial charge in [0.2, 0.25) is 11.8 Å². The molecule has 1 N–H and O–H groups in total. The number of carbonyl (C=O) groups excluding carboxylic acids is 1. The summed E-state index contributed by atoms with van der Waals surface area (Å²) in [6.45, 7) is 3.42. The van der Waals surface area contributed by atoms with Crippen molar-refractivity contribution in [3.63, 3.8) is 0 Å². The minimum Gasteiger partial charge on any atom is -0.476 e. The summed E-state index contributed by atoms with van der Waals surface area (Å²) >= 11 is 0. The van der Waals surface area contributed by atoms with E-state index in [1.807, 2.05) is 30.3 Å². The Morgan fingerprint density at radius 2 is 1.85 bits per heavy atom. The Kier molecular flexibility index (Phi) is 7.38. The van der Waals surface area contributed by atoms with Crippen molar-refractivity contribution in [3.8, 4) is 5.88 Å². The average Bonchev–Trinajstić information content (AvgIpc) is 2.81. The Bertz CT molecular complexity index is 1010. The number of pyridine rings is 1. The van der Waals surface area contributed by atoms with Crippen LogP contribution in [0.4, 0.5) is 18.0 Å². The zero-order valence-electron chi connectivity index (χ0n) is 19.2. The number of alkyl halides is 3. The highest BCUT2D eigenvalue weighted by Gasteiger charge is 2.41. The largest absolute Gasteiger partial charge is 0.476 e. The first kappa shape index (κ1) is 25.3. The van der Waals surface area contributed by atoms with Crippen LogP contribution in [0.1, 0.15) is 37.3 Å². The van der Waals surface area contributed by atoms with E-state index in [1.54, 1.807) is 25.8 Å². The first-order chi connectivity index (χ1) is 15.9. The van der Waals surface area contributed by atoms with E-state index in [0.717, 1.165) is 11.6 Å². The maximum atomic E-state index is 13.4. The lowest BCUT2D eigenvalue weighted by molar-refractivity contribution is -0.144. The van der Waals surface area contributed by atoms with Gasteiger partial charge in [0.1, 0.15) is 12.2 Å². The molecule has 184 valence electrons. The van der Waals surface area contributed by atoms with Gasteiger partial charge in [-0.25, -0.2) is 9.78 Å². The number of piperidine rings is 1. The fourth-order valence-corrected chi connectivity index (χ4v) is 4.26. The zero-order valence-corrected chi connectivity index (χ0v) is 19.2. The van der Waals surface area contributed by atoms with Crippen LogP contribution in [0.5, 0.6) is 5.88 Å². The number of likely N-dealkylation sites (N-methyl/N-ethyl adjacent to an activating group) is 1. The van der Waals surface area contributed by atoms with Gasteiger partial charge in [-0.05, 0) is 38.0 Å². The van der Waals surface area contributed by atoms with Crippen LogP contribution in [0.25, 0.3) is 0 Å². The van der Waals surface area contributed by atoms with E-state index in [4.69, 9.17) is 4.74 Å². The molecule has 10 heteroatoms. The molecule has 0 radical (unpaired) electrons. The number of carboxylic acid groups (broad SMARTS) is 1. The van der Waals surface area contributed by atoms with Gasteiger partial charge in [-0.15, -0.1) is 0 Å². The third kappa shape index (κ3) is 5.60. The standard InChI is InChI=1S/C24H28F3N3O4/c1-23(2,15-34-20-18(24(25,26)27)10-7-12-28-20)21(31)29(3)19-11-13-30(22(32)33)14-17(19)16-8-5-4-6-9-16/h4-10,12,17,19H,11,13-15H2,1-3H3,(H,32,33). The van der Waals surface area contributed by atoms with Gasteiger partial charge in [-0.1, -0.05) is 30.3 Å². The molecule has 7 nitrogen and oxygen atoms in total. The van der Waals surface area contributed by atoms with Crippen molar-refractivity contribution in [1.82, 2.24) is 14.8 Å². The maximum Gasteiger partial charge on any atom is 0.421 e. The number of halogens is 3. The van der Waals surface area contributed by atoms with Crippen LogP contribution < -0.4 is 4.74 Å². The van der Waals surface area contributed by atoms with Gasteiger partial charge in [-0.2, -0.15) is 13.2 Å². The summed E-state index contributed by atoms with van der Waals surface area (Å²) in [7, 11) is 1.64. The molecule has 1 aliphatic heterocycles. The third-order valence-corrected chi connectivity index (χ3v) is 6.12. The number of carbonyl (C=O) groups is 2. The van der Waals surface area contributed by atoms with E-state index in [2.05, 4.69) is 4.98 Å². The number of ether oxygens (including phenoxy) is 1. The number of likely N-dealkylation sites (tertiary alicyclic amines) is 1. The highest BCUT2D eigenvalue weighted by atomic mass is 19.4. The molecule has 1 saturated heterocycles. The first-order valence-electron chi connectivity index (χ1n) is 10.9. The molecule has 1 aromatic heterocycles. The van der Waals surface area contributed by atoms with Gasteiger partial charge >= 0.3 is 12.3 Å². The van der Waals surface area contributed by atoms with Crippen LogP contribution in [-0.4, -0.2) is 64.7 Å². The van der Waals surface area contributed by atoms with Crippen molar-refractivity contribution in [2.45, 2.75) is 38.4 Å². The molecule has 0 spiro atoms. The molecule has 0 bridgehead atoms. The molecule has 2 heterocycles. The van der Waals surface area contributed by atoms with Crippen molar-refractivity contribution in [1.29, 1.82) is 0 Å². The smallest absolute Gasteiger partial charge is 0.421 e. The van der Waals surface area contributed by atoms with Crippen LogP contribution >= 0.6 is 0 Å². The number of aromatic nitrogens is 1.